The molecular formula is C40H54. The van der Waals surface area contributed by atoms with Gasteiger partial charge in [0.1, 0.15) is 0 Å². The normalized spacial score (nSPS) is 32.5. The van der Waals surface area contributed by atoms with E-state index in [-0.39, 0.29) is 5.41 Å². The van der Waals surface area contributed by atoms with Crippen LogP contribution in [0.25, 0.3) is 5.57 Å². The fourth-order valence-electron chi connectivity index (χ4n) is 9.77. The average molecular weight is 535 g/mol. The Morgan fingerprint density at radius 1 is 1.07 bits per heavy atom. The predicted octanol–water partition coefficient (Wildman–Crippen LogP) is 12.0. The molecule has 0 bridgehead atoms. The summed E-state index contributed by atoms with van der Waals surface area (Å²) in [4.78, 5) is 0. The molecule has 2 saturated carbocycles. The Morgan fingerprint density at radius 2 is 1.88 bits per heavy atom. The van der Waals surface area contributed by atoms with Gasteiger partial charge in [-0.2, -0.15) is 0 Å². The Balaban J connectivity index is 1.58. The van der Waals surface area contributed by atoms with Crippen molar-refractivity contribution in [2.24, 2.45) is 17.3 Å². The lowest BCUT2D eigenvalue weighted by atomic mass is 9.42. The van der Waals surface area contributed by atoms with Crippen LogP contribution < -0.4 is 0 Å². The number of hydrogen-bond donors (Lipinski definition) is 0. The van der Waals surface area contributed by atoms with Gasteiger partial charge >= 0.3 is 0 Å². The first-order chi connectivity index (χ1) is 19.3. The topological polar surface area (TPSA) is 0 Å². The van der Waals surface area contributed by atoms with E-state index in [1.165, 1.54) is 48.8 Å². The highest BCUT2D eigenvalue weighted by atomic mass is 14.7. The summed E-state index contributed by atoms with van der Waals surface area (Å²) in [5.74, 6) is 1.97. The minimum absolute atomic E-state index is 0.250. The molecule has 0 heteroatoms. The van der Waals surface area contributed by atoms with Gasteiger partial charge in [-0.1, -0.05) is 107 Å². The molecule has 0 aromatic heterocycles. The first kappa shape index (κ1) is 29.2. The largest absolute Gasteiger partial charge is 0.0874 e. The van der Waals surface area contributed by atoms with Crippen LogP contribution in [0.15, 0.2) is 82.5 Å². The fourth-order valence-corrected chi connectivity index (χ4v) is 9.77. The van der Waals surface area contributed by atoms with Crippen LogP contribution in [0.4, 0.5) is 0 Å². The third-order valence-electron chi connectivity index (χ3n) is 12.0. The van der Waals surface area contributed by atoms with E-state index >= 15 is 0 Å². The summed E-state index contributed by atoms with van der Waals surface area (Å²) in [5.41, 5.74) is 14.7. The van der Waals surface area contributed by atoms with Gasteiger partial charge in [-0.05, 0) is 129 Å². The average Bonchev–Trinajstić information content (AvgIpc) is 3.13. The molecule has 1 aromatic carbocycles. The van der Waals surface area contributed by atoms with E-state index in [0.29, 0.717) is 11.3 Å². The lowest BCUT2D eigenvalue weighted by Gasteiger charge is -2.61. The second-order valence-corrected chi connectivity index (χ2v) is 13.4. The molecule has 0 nitrogen and oxygen atoms in total. The van der Waals surface area contributed by atoms with Crippen molar-refractivity contribution in [1.82, 2.24) is 0 Å². The van der Waals surface area contributed by atoms with Crippen molar-refractivity contribution in [3.8, 4) is 0 Å². The molecule has 0 N–H and O–H groups in total. The van der Waals surface area contributed by atoms with Crippen molar-refractivity contribution in [3.05, 3.63) is 99.2 Å². The lowest BCUT2D eigenvalue weighted by molar-refractivity contribution is 0.0190. The van der Waals surface area contributed by atoms with E-state index < -0.39 is 0 Å². The van der Waals surface area contributed by atoms with Crippen LogP contribution in [0.3, 0.4) is 0 Å². The Hall–Kier alpha value is -2.34. The number of rotatable bonds is 6. The van der Waals surface area contributed by atoms with Crippen LogP contribution in [-0.2, 0) is 5.41 Å². The first-order valence-corrected chi connectivity index (χ1v) is 16.5. The molecule has 1 aromatic rings. The number of benzene rings is 1. The van der Waals surface area contributed by atoms with Gasteiger partial charge in [-0.3, -0.25) is 0 Å². The van der Waals surface area contributed by atoms with Gasteiger partial charge in [0.15, 0.2) is 0 Å². The van der Waals surface area contributed by atoms with Crippen LogP contribution in [0.1, 0.15) is 136 Å². The summed E-state index contributed by atoms with van der Waals surface area (Å²) < 4.78 is 0. The van der Waals surface area contributed by atoms with Crippen LogP contribution >= 0.6 is 0 Å². The second kappa shape index (κ2) is 11.5. The highest BCUT2D eigenvalue weighted by molar-refractivity contribution is 5.69. The number of hydrogen-bond acceptors (Lipinski definition) is 0. The lowest BCUT2D eigenvalue weighted by Crippen LogP contribution is -2.56. The van der Waals surface area contributed by atoms with Crippen molar-refractivity contribution in [3.63, 3.8) is 0 Å². The molecule has 0 radical (unpaired) electrons. The molecule has 0 amide bonds. The Morgan fingerprint density at radius 3 is 2.58 bits per heavy atom. The first-order valence-electron chi connectivity index (χ1n) is 16.5. The molecule has 1 spiro atoms. The van der Waals surface area contributed by atoms with Crippen LogP contribution in [-0.4, -0.2) is 0 Å². The zero-order valence-corrected chi connectivity index (χ0v) is 26.8. The molecule has 5 rings (SSSR count). The summed E-state index contributed by atoms with van der Waals surface area (Å²) in [6.45, 7) is 19.0. The van der Waals surface area contributed by atoms with E-state index in [2.05, 4.69) is 110 Å². The van der Waals surface area contributed by atoms with Gasteiger partial charge in [0, 0.05) is 10.8 Å². The van der Waals surface area contributed by atoms with Crippen LogP contribution in [0, 0.1) is 17.3 Å². The summed E-state index contributed by atoms with van der Waals surface area (Å²) >= 11 is 0. The van der Waals surface area contributed by atoms with E-state index in [1.807, 2.05) is 0 Å². The third kappa shape index (κ3) is 4.31. The van der Waals surface area contributed by atoms with E-state index in [0.717, 1.165) is 37.5 Å². The van der Waals surface area contributed by atoms with Crippen LogP contribution in [0.2, 0.25) is 0 Å². The maximum Gasteiger partial charge on any atom is 0.00753 e. The minimum atomic E-state index is 0.250. The summed E-state index contributed by atoms with van der Waals surface area (Å²) in [5, 5.41) is 0. The molecule has 5 atom stereocenters. The zero-order valence-electron chi connectivity index (χ0n) is 26.8. The quantitative estimate of drug-likeness (QED) is 0.318. The van der Waals surface area contributed by atoms with Gasteiger partial charge < -0.3 is 0 Å². The van der Waals surface area contributed by atoms with Gasteiger partial charge in [0.25, 0.3) is 0 Å². The molecule has 5 unspecified atom stereocenters. The molecule has 0 saturated heterocycles. The molecular weight excluding hydrogens is 480 g/mol. The number of allylic oxidation sites excluding steroid dienone is 12. The Labute approximate surface area is 246 Å². The van der Waals surface area contributed by atoms with Crippen LogP contribution in [0.5, 0.6) is 0 Å². The zero-order chi connectivity index (χ0) is 28.7. The molecule has 4 aliphatic rings. The van der Waals surface area contributed by atoms with Crippen molar-refractivity contribution >= 4 is 5.57 Å². The highest BCUT2D eigenvalue weighted by Gasteiger charge is 2.67. The maximum absolute atomic E-state index is 2.63. The maximum atomic E-state index is 2.63. The summed E-state index contributed by atoms with van der Waals surface area (Å²) in [7, 11) is 0. The molecule has 4 aliphatic carbocycles. The smallest absolute Gasteiger partial charge is 0.00753 e. The van der Waals surface area contributed by atoms with Crippen molar-refractivity contribution in [2.45, 2.75) is 125 Å². The van der Waals surface area contributed by atoms with Crippen molar-refractivity contribution in [2.75, 3.05) is 0 Å². The summed E-state index contributed by atoms with van der Waals surface area (Å²) in [6.07, 6.45) is 25.5. The highest BCUT2D eigenvalue weighted by Crippen LogP contribution is 2.73. The Kier molecular flexibility index (Phi) is 8.39. The third-order valence-corrected chi connectivity index (χ3v) is 12.0. The van der Waals surface area contributed by atoms with Crippen molar-refractivity contribution < 1.29 is 0 Å². The van der Waals surface area contributed by atoms with Gasteiger partial charge in [-0.25, -0.2) is 0 Å². The fraction of sp³-hybridized carbons (Fsp3) is 0.550. The van der Waals surface area contributed by atoms with Gasteiger partial charge in [-0.15, -0.1) is 0 Å². The molecule has 214 valence electrons. The van der Waals surface area contributed by atoms with Gasteiger partial charge in [0.05, 0.1) is 0 Å². The standard InChI is InChI=1S/C40H54/c1-9-14-27(5)30(8)36-21-19-32(18-17-31(36)10-2)33-20-22-38-37(25-33)28(6)15-13-16-35-26-34(11-3)40(35)24-23-29(7)39(38,40)12-4/h9,13-16,18,20,22,25,28-29,34H,10-12,17,19,21,23-24,26H2,1-8H3. The van der Waals surface area contributed by atoms with E-state index in [4.69, 9.17) is 0 Å². The molecule has 40 heavy (non-hydrogen) atoms. The van der Waals surface area contributed by atoms with Gasteiger partial charge in [0.2, 0.25) is 0 Å². The van der Waals surface area contributed by atoms with Crippen molar-refractivity contribution in [1.29, 1.82) is 0 Å². The SMILES string of the molecule is CC=CC(C)=C(C)C1=C(CC)CC=C(c2ccc3c(c2)C(C)C=CC=C2CC(CC)C24CCC(C)C34CC)CC1. The second-order valence-electron chi connectivity index (χ2n) is 13.4. The predicted molar refractivity (Wildman–Crippen MR) is 176 cm³/mol. The Bertz CT molecular complexity index is 1320. The molecule has 0 heterocycles. The minimum Gasteiger partial charge on any atom is -0.0874 e. The summed E-state index contributed by atoms with van der Waals surface area (Å²) in [6, 6.07) is 7.75. The monoisotopic (exact) mass is 534 g/mol. The molecule has 0 aliphatic heterocycles. The van der Waals surface area contributed by atoms with E-state index in [9.17, 15) is 0 Å². The number of fused-ring (bicyclic) bond motifs is 2. The molecule has 2 fully saturated rings. The van der Waals surface area contributed by atoms with E-state index in [1.54, 1.807) is 33.4 Å².